The number of anilines is 2. The van der Waals surface area contributed by atoms with Crippen LogP contribution in [0.4, 0.5) is 11.5 Å². The Morgan fingerprint density at radius 1 is 1.40 bits per heavy atom. The molecule has 0 radical (unpaired) electrons. The van der Waals surface area contributed by atoms with E-state index < -0.39 is 10.0 Å². The lowest BCUT2D eigenvalue weighted by Gasteiger charge is -2.11. The molecule has 0 aliphatic carbocycles. The molecule has 0 bridgehead atoms. The van der Waals surface area contributed by atoms with Crippen molar-refractivity contribution < 1.29 is 8.42 Å². The summed E-state index contributed by atoms with van der Waals surface area (Å²) in [6.07, 6.45) is 1.50. The molecule has 0 saturated carbocycles. The van der Waals surface area contributed by atoms with Gasteiger partial charge in [0.2, 0.25) is 10.0 Å². The fraction of sp³-hybridized carbons (Fsp3) is 0.444. The Hall–Kier alpha value is -1.30. The summed E-state index contributed by atoms with van der Waals surface area (Å²) in [6.45, 7) is 1.59. The Morgan fingerprint density at radius 3 is 2.47 bits per heavy atom. The molecule has 5 nitrogen and oxygen atoms in total. The van der Waals surface area contributed by atoms with Crippen LogP contribution in [0.3, 0.4) is 0 Å². The van der Waals surface area contributed by atoms with Crippen LogP contribution in [0, 0.1) is 0 Å². The van der Waals surface area contributed by atoms with Gasteiger partial charge in [-0.2, -0.15) is 0 Å². The first-order valence-electron chi connectivity index (χ1n) is 4.58. The van der Waals surface area contributed by atoms with E-state index in [0.717, 1.165) is 5.82 Å². The van der Waals surface area contributed by atoms with Crippen LogP contribution in [0.15, 0.2) is 18.3 Å². The highest BCUT2D eigenvalue weighted by atomic mass is 32.2. The van der Waals surface area contributed by atoms with Gasteiger partial charge in [0, 0.05) is 14.1 Å². The Morgan fingerprint density at radius 2 is 2.07 bits per heavy atom. The molecule has 0 amide bonds. The maximum Gasteiger partial charge on any atom is 0.232 e. The van der Waals surface area contributed by atoms with E-state index in [2.05, 4.69) is 9.71 Å². The average Bonchev–Trinajstić information content (AvgIpc) is 2.18. The lowest BCUT2D eigenvalue weighted by molar-refractivity contribution is 0.602. The van der Waals surface area contributed by atoms with Crippen LogP contribution in [0.2, 0.25) is 0 Å². The second kappa shape index (κ2) is 4.48. The third-order valence-corrected chi connectivity index (χ3v) is 3.17. The number of nitrogens with zero attached hydrogens (tertiary/aromatic N) is 2. The SMILES string of the molecule is CCS(=O)(=O)Nc1ccc(N(C)C)nc1. The molecule has 1 aromatic rings. The Labute approximate surface area is 90.2 Å². The number of rotatable bonds is 4. The topological polar surface area (TPSA) is 62.3 Å². The van der Waals surface area contributed by atoms with Crippen molar-refractivity contribution in [2.45, 2.75) is 6.92 Å². The van der Waals surface area contributed by atoms with Crippen LogP contribution in [0.1, 0.15) is 6.92 Å². The normalized spacial score (nSPS) is 11.1. The van der Waals surface area contributed by atoms with E-state index in [1.165, 1.54) is 6.20 Å². The first kappa shape index (κ1) is 11.8. The van der Waals surface area contributed by atoms with E-state index in [4.69, 9.17) is 0 Å². The highest BCUT2D eigenvalue weighted by molar-refractivity contribution is 7.92. The molecular weight excluding hydrogens is 214 g/mol. The molecule has 6 heteroatoms. The summed E-state index contributed by atoms with van der Waals surface area (Å²) in [5.74, 6) is 0.844. The Kier molecular flexibility index (Phi) is 3.52. The molecule has 0 atom stereocenters. The van der Waals surface area contributed by atoms with Crippen molar-refractivity contribution in [1.82, 2.24) is 4.98 Å². The van der Waals surface area contributed by atoms with Gasteiger partial charge >= 0.3 is 0 Å². The van der Waals surface area contributed by atoms with E-state index >= 15 is 0 Å². The molecule has 1 heterocycles. The van der Waals surface area contributed by atoms with E-state index in [1.54, 1.807) is 19.1 Å². The summed E-state index contributed by atoms with van der Waals surface area (Å²) >= 11 is 0. The second-order valence-corrected chi connectivity index (χ2v) is 5.32. The molecule has 0 fully saturated rings. The van der Waals surface area contributed by atoms with Crippen molar-refractivity contribution in [3.05, 3.63) is 18.3 Å². The summed E-state index contributed by atoms with van der Waals surface area (Å²) in [5.41, 5.74) is 0.488. The maximum atomic E-state index is 11.2. The minimum atomic E-state index is -3.21. The van der Waals surface area contributed by atoms with Crippen molar-refractivity contribution in [3.63, 3.8) is 0 Å². The van der Waals surface area contributed by atoms with Gasteiger partial charge in [-0.3, -0.25) is 4.72 Å². The summed E-state index contributed by atoms with van der Waals surface area (Å²) < 4.78 is 24.9. The van der Waals surface area contributed by atoms with Crippen LogP contribution < -0.4 is 9.62 Å². The molecule has 0 aliphatic rings. The first-order valence-corrected chi connectivity index (χ1v) is 6.23. The van der Waals surface area contributed by atoms with Gasteiger partial charge < -0.3 is 4.90 Å². The number of pyridine rings is 1. The number of hydrogen-bond donors (Lipinski definition) is 1. The van der Waals surface area contributed by atoms with E-state index in [0.29, 0.717) is 5.69 Å². The molecule has 0 spiro atoms. The van der Waals surface area contributed by atoms with Crippen LogP contribution in [-0.4, -0.2) is 33.2 Å². The molecular formula is C9H15N3O2S. The quantitative estimate of drug-likeness (QED) is 0.833. The van der Waals surface area contributed by atoms with Gasteiger partial charge in [0.25, 0.3) is 0 Å². The van der Waals surface area contributed by atoms with Crippen LogP contribution in [-0.2, 0) is 10.0 Å². The second-order valence-electron chi connectivity index (χ2n) is 3.30. The summed E-state index contributed by atoms with van der Waals surface area (Å²) in [5, 5.41) is 0. The summed E-state index contributed by atoms with van der Waals surface area (Å²) in [6, 6.07) is 3.45. The molecule has 1 rings (SSSR count). The maximum absolute atomic E-state index is 11.2. The van der Waals surface area contributed by atoms with Crippen LogP contribution >= 0.6 is 0 Å². The summed E-state index contributed by atoms with van der Waals surface area (Å²) in [7, 11) is 0.537. The molecule has 1 N–H and O–H groups in total. The highest BCUT2D eigenvalue weighted by Gasteiger charge is 2.06. The van der Waals surface area contributed by atoms with Gasteiger partial charge in [-0.05, 0) is 19.1 Å². The fourth-order valence-electron chi connectivity index (χ4n) is 0.963. The first-order chi connectivity index (χ1) is 6.94. The Bertz CT molecular complexity index is 411. The van der Waals surface area contributed by atoms with E-state index in [9.17, 15) is 8.42 Å². The van der Waals surface area contributed by atoms with Crippen LogP contribution in [0.25, 0.3) is 0 Å². The molecule has 84 valence electrons. The molecule has 0 unspecified atom stereocenters. The molecule has 0 aliphatic heterocycles. The monoisotopic (exact) mass is 229 g/mol. The van der Waals surface area contributed by atoms with Gasteiger partial charge in [0.1, 0.15) is 5.82 Å². The zero-order chi connectivity index (χ0) is 11.5. The van der Waals surface area contributed by atoms with Crippen molar-refractivity contribution in [3.8, 4) is 0 Å². The third kappa shape index (κ3) is 3.39. The van der Waals surface area contributed by atoms with Crippen LogP contribution in [0.5, 0.6) is 0 Å². The minimum absolute atomic E-state index is 0.0580. The standard InChI is InChI=1S/C9H15N3O2S/c1-4-15(13,14)11-8-5-6-9(10-7-8)12(2)3/h5-7,11H,4H2,1-3H3. The lowest BCUT2D eigenvalue weighted by atomic mass is 10.4. The van der Waals surface area contributed by atoms with Gasteiger partial charge in [-0.15, -0.1) is 0 Å². The van der Waals surface area contributed by atoms with Crippen molar-refractivity contribution in [2.24, 2.45) is 0 Å². The molecule has 1 aromatic heterocycles. The third-order valence-electron chi connectivity index (χ3n) is 1.86. The smallest absolute Gasteiger partial charge is 0.232 e. The average molecular weight is 229 g/mol. The number of nitrogens with one attached hydrogen (secondary N) is 1. The zero-order valence-electron chi connectivity index (χ0n) is 9.06. The molecule has 15 heavy (non-hydrogen) atoms. The number of aromatic nitrogens is 1. The predicted molar refractivity (Wildman–Crippen MR) is 61.6 cm³/mol. The number of hydrogen-bond acceptors (Lipinski definition) is 4. The minimum Gasteiger partial charge on any atom is -0.363 e. The zero-order valence-corrected chi connectivity index (χ0v) is 9.87. The largest absolute Gasteiger partial charge is 0.363 e. The fourth-order valence-corrected chi connectivity index (χ4v) is 1.59. The van der Waals surface area contributed by atoms with Gasteiger partial charge in [-0.1, -0.05) is 0 Å². The lowest BCUT2D eigenvalue weighted by Crippen LogP contribution is -2.15. The van der Waals surface area contributed by atoms with Gasteiger partial charge in [0.15, 0.2) is 0 Å². The predicted octanol–water partition coefficient (Wildman–Crippen LogP) is 0.909. The summed E-state index contributed by atoms with van der Waals surface area (Å²) in [4.78, 5) is 5.94. The molecule has 0 aromatic carbocycles. The highest BCUT2D eigenvalue weighted by Crippen LogP contribution is 2.12. The van der Waals surface area contributed by atoms with E-state index in [-0.39, 0.29) is 5.75 Å². The van der Waals surface area contributed by atoms with E-state index in [1.807, 2.05) is 19.0 Å². The van der Waals surface area contributed by atoms with Gasteiger partial charge in [-0.25, -0.2) is 13.4 Å². The van der Waals surface area contributed by atoms with Gasteiger partial charge in [0.05, 0.1) is 17.6 Å². The van der Waals surface area contributed by atoms with Crippen molar-refractivity contribution >= 4 is 21.5 Å². The number of sulfonamides is 1. The van der Waals surface area contributed by atoms with Crippen molar-refractivity contribution in [2.75, 3.05) is 29.5 Å². The Balaban J connectivity index is 2.82. The molecule has 0 saturated heterocycles. The van der Waals surface area contributed by atoms with Crippen molar-refractivity contribution in [1.29, 1.82) is 0 Å².